The van der Waals surface area contributed by atoms with E-state index in [2.05, 4.69) is 5.32 Å². The first-order valence-corrected chi connectivity index (χ1v) is 12.4. The van der Waals surface area contributed by atoms with Crippen LogP contribution in [0.25, 0.3) is 0 Å². The fourth-order valence-corrected chi connectivity index (χ4v) is 6.48. The first-order valence-electron chi connectivity index (χ1n) is 10.7. The Morgan fingerprint density at radius 3 is 2.60 bits per heavy atom. The van der Waals surface area contributed by atoms with E-state index in [1.54, 1.807) is 13.2 Å². The van der Waals surface area contributed by atoms with Gasteiger partial charge in [-0.3, -0.25) is 4.79 Å². The minimum Gasteiger partial charge on any atom is -0.496 e. The Balaban J connectivity index is 1.39. The zero-order valence-corrected chi connectivity index (χ0v) is 18.2. The highest BCUT2D eigenvalue weighted by molar-refractivity contribution is 7.91. The molecule has 0 aromatic heterocycles. The summed E-state index contributed by atoms with van der Waals surface area (Å²) in [5.74, 6) is 0.895. The van der Waals surface area contributed by atoms with Crippen LogP contribution in [-0.2, 0) is 20.4 Å². The molecule has 0 radical (unpaired) electrons. The van der Waals surface area contributed by atoms with Crippen molar-refractivity contribution in [2.75, 3.05) is 12.4 Å². The zero-order valence-electron chi connectivity index (χ0n) is 17.3. The summed E-state index contributed by atoms with van der Waals surface area (Å²) in [5.41, 5.74) is 2.45. The summed E-state index contributed by atoms with van der Waals surface area (Å²) in [6.45, 7) is 0. The van der Waals surface area contributed by atoms with Gasteiger partial charge in [-0.05, 0) is 54.5 Å². The lowest BCUT2D eigenvalue weighted by Gasteiger charge is -2.21. The minimum atomic E-state index is -3.16. The van der Waals surface area contributed by atoms with E-state index in [1.807, 2.05) is 42.5 Å². The molecule has 0 heterocycles. The summed E-state index contributed by atoms with van der Waals surface area (Å²) >= 11 is 0. The van der Waals surface area contributed by atoms with Crippen LogP contribution in [0.5, 0.6) is 5.75 Å². The summed E-state index contributed by atoms with van der Waals surface area (Å²) < 4.78 is 31.0. The van der Waals surface area contributed by atoms with Crippen LogP contribution < -0.4 is 10.1 Å². The van der Waals surface area contributed by atoms with Gasteiger partial charge in [-0.15, -0.1) is 0 Å². The highest BCUT2D eigenvalue weighted by Gasteiger charge is 2.45. The van der Waals surface area contributed by atoms with Gasteiger partial charge in [-0.1, -0.05) is 49.6 Å². The number of ether oxygens (including phenoxy) is 1. The van der Waals surface area contributed by atoms with E-state index < -0.39 is 9.84 Å². The number of amides is 1. The van der Waals surface area contributed by atoms with Crippen LogP contribution in [0.3, 0.4) is 0 Å². The van der Waals surface area contributed by atoms with Crippen molar-refractivity contribution in [3.63, 3.8) is 0 Å². The summed E-state index contributed by atoms with van der Waals surface area (Å²) in [6, 6.07) is 15.0. The molecule has 0 aliphatic heterocycles. The smallest absolute Gasteiger partial charge is 0.228 e. The van der Waals surface area contributed by atoms with Gasteiger partial charge in [0.25, 0.3) is 0 Å². The maximum Gasteiger partial charge on any atom is 0.228 e. The van der Waals surface area contributed by atoms with Gasteiger partial charge in [-0.25, -0.2) is 8.42 Å². The van der Waals surface area contributed by atoms with Gasteiger partial charge >= 0.3 is 0 Å². The largest absolute Gasteiger partial charge is 0.496 e. The fourth-order valence-electron chi connectivity index (χ4n) is 4.55. The van der Waals surface area contributed by atoms with Crippen LogP contribution in [0.4, 0.5) is 5.69 Å². The number of hydrogen-bond donors (Lipinski definition) is 1. The molecule has 0 saturated heterocycles. The Morgan fingerprint density at radius 1 is 1.07 bits per heavy atom. The molecule has 5 nitrogen and oxygen atoms in total. The van der Waals surface area contributed by atoms with Gasteiger partial charge in [0.2, 0.25) is 5.91 Å². The van der Waals surface area contributed by atoms with Crippen molar-refractivity contribution in [1.82, 2.24) is 0 Å². The van der Waals surface area contributed by atoms with Crippen molar-refractivity contribution in [3.05, 3.63) is 59.7 Å². The van der Waals surface area contributed by atoms with Crippen LogP contribution in [0.15, 0.2) is 48.5 Å². The van der Waals surface area contributed by atoms with Crippen LogP contribution >= 0.6 is 0 Å². The Bertz CT molecular complexity index is 1010. The van der Waals surface area contributed by atoms with E-state index in [9.17, 15) is 13.2 Å². The quantitative estimate of drug-likeness (QED) is 0.696. The number of hydrogen-bond acceptors (Lipinski definition) is 4. The second-order valence-corrected chi connectivity index (χ2v) is 10.7. The van der Waals surface area contributed by atoms with Gasteiger partial charge in [0, 0.05) is 11.6 Å². The molecule has 2 fully saturated rings. The number of nitrogens with one attached hydrogen (secondary N) is 1. The second kappa shape index (κ2) is 8.80. The number of methoxy groups -OCH3 is 1. The Kier molecular flexibility index (Phi) is 6.14. The Morgan fingerprint density at radius 2 is 1.83 bits per heavy atom. The summed E-state index contributed by atoms with van der Waals surface area (Å²) in [6.07, 6.45) is 5.45. The Hall–Kier alpha value is -2.34. The topological polar surface area (TPSA) is 72.5 Å². The van der Waals surface area contributed by atoms with Crippen molar-refractivity contribution in [1.29, 1.82) is 0 Å². The molecule has 2 atom stereocenters. The van der Waals surface area contributed by atoms with Crippen molar-refractivity contribution in [2.45, 2.75) is 55.4 Å². The number of carbonyl (C=O) groups excluding carboxylic acids is 1. The van der Waals surface area contributed by atoms with Gasteiger partial charge < -0.3 is 10.1 Å². The van der Waals surface area contributed by atoms with E-state index in [0.717, 1.165) is 55.4 Å². The summed E-state index contributed by atoms with van der Waals surface area (Å²) in [4.78, 5) is 12.7. The highest BCUT2D eigenvalue weighted by atomic mass is 32.2. The third-order valence-corrected chi connectivity index (χ3v) is 8.51. The molecule has 30 heavy (non-hydrogen) atoms. The molecule has 0 bridgehead atoms. The number of rotatable bonds is 7. The maximum atomic E-state index is 12.8. The molecule has 2 aromatic carbocycles. The molecule has 1 N–H and O–H groups in total. The third kappa shape index (κ3) is 4.69. The van der Waals surface area contributed by atoms with E-state index >= 15 is 0 Å². The van der Waals surface area contributed by atoms with E-state index in [-0.39, 0.29) is 28.7 Å². The molecular weight excluding hydrogens is 398 g/mol. The first-order chi connectivity index (χ1) is 14.5. The normalized spacial score (nSPS) is 21.8. The van der Waals surface area contributed by atoms with E-state index in [0.29, 0.717) is 5.69 Å². The van der Waals surface area contributed by atoms with Crippen molar-refractivity contribution in [2.24, 2.45) is 5.92 Å². The number of carbonyl (C=O) groups is 1. The van der Waals surface area contributed by atoms with Crippen LogP contribution in [0.2, 0.25) is 0 Å². The van der Waals surface area contributed by atoms with Gasteiger partial charge in [-0.2, -0.15) is 0 Å². The number of benzene rings is 2. The highest BCUT2D eigenvalue weighted by Crippen LogP contribution is 2.50. The molecule has 0 spiro atoms. The molecule has 2 aliphatic rings. The number of anilines is 1. The number of para-hydroxylation sites is 1. The van der Waals surface area contributed by atoms with Crippen molar-refractivity contribution in [3.8, 4) is 5.75 Å². The van der Waals surface area contributed by atoms with Gasteiger partial charge in [0.1, 0.15) is 5.75 Å². The monoisotopic (exact) mass is 427 g/mol. The predicted molar refractivity (Wildman–Crippen MR) is 118 cm³/mol. The standard InChI is InChI=1S/C24H29NO4S/c1-29-23-13-6-5-12-20(23)21-15-22(21)24(26)25-18-9-7-8-17(14-18)16-30(27,28)19-10-3-2-4-11-19/h5-9,12-14,19,21-22H,2-4,10-11,15-16H2,1H3,(H,25,26). The second-order valence-electron chi connectivity index (χ2n) is 8.45. The van der Waals surface area contributed by atoms with Crippen molar-refractivity contribution < 1.29 is 17.9 Å². The number of sulfone groups is 1. The molecule has 2 aliphatic carbocycles. The lowest BCUT2D eigenvalue weighted by atomic mass is 10.0. The average molecular weight is 428 g/mol. The van der Waals surface area contributed by atoms with Crippen LogP contribution in [0, 0.1) is 5.92 Å². The van der Waals surface area contributed by atoms with Crippen molar-refractivity contribution >= 4 is 21.4 Å². The SMILES string of the molecule is COc1ccccc1C1CC1C(=O)Nc1cccc(CS(=O)(=O)C2CCCCC2)c1. The van der Waals surface area contributed by atoms with Crippen LogP contribution in [0.1, 0.15) is 55.6 Å². The molecule has 1 amide bonds. The summed E-state index contributed by atoms with van der Waals surface area (Å²) in [7, 11) is -1.52. The predicted octanol–water partition coefficient (Wildman–Crippen LogP) is 4.68. The summed E-state index contributed by atoms with van der Waals surface area (Å²) in [5, 5.41) is 2.75. The first kappa shape index (κ1) is 20.9. The molecule has 2 unspecified atom stereocenters. The maximum absolute atomic E-state index is 12.8. The molecule has 2 aromatic rings. The van der Waals surface area contributed by atoms with Gasteiger partial charge in [0.05, 0.1) is 18.1 Å². The molecule has 6 heteroatoms. The zero-order chi connectivity index (χ0) is 21.1. The van der Waals surface area contributed by atoms with Crippen LogP contribution in [-0.4, -0.2) is 26.7 Å². The fraction of sp³-hybridized carbons (Fsp3) is 0.458. The molecule has 160 valence electrons. The third-order valence-electron chi connectivity index (χ3n) is 6.29. The average Bonchev–Trinajstić information content (AvgIpc) is 3.55. The molecule has 2 saturated carbocycles. The minimum absolute atomic E-state index is 0.0295. The lowest BCUT2D eigenvalue weighted by molar-refractivity contribution is -0.117. The lowest BCUT2D eigenvalue weighted by Crippen LogP contribution is -2.25. The van der Waals surface area contributed by atoms with E-state index in [1.165, 1.54) is 0 Å². The van der Waals surface area contributed by atoms with E-state index in [4.69, 9.17) is 4.74 Å². The van der Waals surface area contributed by atoms with Gasteiger partial charge in [0.15, 0.2) is 9.84 Å². The molecular formula is C24H29NO4S. The molecule has 4 rings (SSSR count). The Labute approximate surface area is 178 Å².